The summed E-state index contributed by atoms with van der Waals surface area (Å²) in [6.45, 7) is 0.904. The van der Waals surface area contributed by atoms with E-state index in [1.807, 2.05) is 0 Å². The molecule has 19 heavy (non-hydrogen) atoms. The van der Waals surface area contributed by atoms with Crippen molar-refractivity contribution >= 4 is 17.6 Å². The van der Waals surface area contributed by atoms with Crippen molar-refractivity contribution in [1.82, 2.24) is 9.97 Å². The van der Waals surface area contributed by atoms with Crippen LogP contribution < -0.4 is 9.47 Å². The van der Waals surface area contributed by atoms with Crippen molar-refractivity contribution < 1.29 is 19.4 Å². The number of fused-ring (bicyclic) bond motifs is 1. The van der Waals surface area contributed by atoms with Crippen LogP contribution in [0.25, 0.3) is 11.4 Å². The number of nitrogens with zero attached hydrogens (tertiary/aromatic N) is 1. The van der Waals surface area contributed by atoms with Crippen molar-refractivity contribution in [3.05, 3.63) is 29.0 Å². The van der Waals surface area contributed by atoms with Gasteiger partial charge < -0.3 is 19.6 Å². The smallest absolute Gasteiger partial charge is 0.353 e. The summed E-state index contributed by atoms with van der Waals surface area (Å²) >= 11 is 6.10. The van der Waals surface area contributed by atoms with E-state index in [2.05, 4.69) is 9.97 Å². The highest BCUT2D eigenvalue weighted by Crippen LogP contribution is 2.40. The highest BCUT2D eigenvalue weighted by molar-refractivity contribution is 6.32. The lowest BCUT2D eigenvalue weighted by Gasteiger charge is -2.19. The first-order valence-corrected chi connectivity index (χ1v) is 5.91. The SMILES string of the molecule is O=C(O)c1cnc(-c2cc(Cl)c3c(c2)OCCO3)[nH]1. The van der Waals surface area contributed by atoms with Crippen LogP contribution in [0.1, 0.15) is 10.5 Å². The summed E-state index contributed by atoms with van der Waals surface area (Å²) in [4.78, 5) is 17.5. The van der Waals surface area contributed by atoms with Crippen molar-refractivity contribution in [2.45, 2.75) is 0 Å². The number of aromatic carboxylic acids is 1. The lowest BCUT2D eigenvalue weighted by atomic mass is 10.2. The van der Waals surface area contributed by atoms with Gasteiger partial charge in [-0.15, -0.1) is 0 Å². The number of hydrogen-bond donors (Lipinski definition) is 2. The maximum absolute atomic E-state index is 10.8. The maximum Gasteiger partial charge on any atom is 0.353 e. The topological polar surface area (TPSA) is 84.4 Å². The highest BCUT2D eigenvalue weighted by atomic mass is 35.5. The molecule has 0 amide bonds. The average molecular weight is 281 g/mol. The van der Waals surface area contributed by atoms with Crippen LogP contribution in [0.15, 0.2) is 18.3 Å². The molecule has 6 nitrogen and oxygen atoms in total. The molecule has 0 atom stereocenters. The zero-order valence-electron chi connectivity index (χ0n) is 9.64. The fourth-order valence-electron chi connectivity index (χ4n) is 1.82. The molecule has 1 aromatic heterocycles. The molecule has 1 aliphatic rings. The Morgan fingerprint density at radius 1 is 1.37 bits per heavy atom. The van der Waals surface area contributed by atoms with Gasteiger partial charge in [0.05, 0.1) is 11.2 Å². The van der Waals surface area contributed by atoms with Crippen LogP contribution in [0.2, 0.25) is 5.02 Å². The van der Waals surface area contributed by atoms with Gasteiger partial charge in [0.1, 0.15) is 24.7 Å². The van der Waals surface area contributed by atoms with E-state index >= 15 is 0 Å². The molecule has 0 saturated heterocycles. The average Bonchev–Trinajstić information content (AvgIpc) is 2.88. The quantitative estimate of drug-likeness (QED) is 0.881. The van der Waals surface area contributed by atoms with Crippen molar-refractivity contribution in [3.63, 3.8) is 0 Å². The Morgan fingerprint density at radius 2 is 2.16 bits per heavy atom. The molecule has 3 rings (SSSR count). The molecule has 1 aromatic carbocycles. The summed E-state index contributed by atoms with van der Waals surface area (Å²) < 4.78 is 10.9. The largest absolute Gasteiger partial charge is 0.486 e. The van der Waals surface area contributed by atoms with E-state index in [0.29, 0.717) is 41.1 Å². The summed E-state index contributed by atoms with van der Waals surface area (Å²) in [6, 6.07) is 3.37. The van der Waals surface area contributed by atoms with Crippen LogP contribution in [0.5, 0.6) is 11.5 Å². The van der Waals surface area contributed by atoms with Gasteiger partial charge in [0.2, 0.25) is 0 Å². The van der Waals surface area contributed by atoms with E-state index in [9.17, 15) is 4.79 Å². The molecule has 2 heterocycles. The van der Waals surface area contributed by atoms with Crippen LogP contribution in [-0.2, 0) is 0 Å². The normalized spacial score (nSPS) is 13.3. The number of carboxylic acids is 1. The van der Waals surface area contributed by atoms with Crippen LogP contribution in [-0.4, -0.2) is 34.3 Å². The number of aromatic nitrogens is 2. The van der Waals surface area contributed by atoms with E-state index in [0.717, 1.165) is 0 Å². The molecule has 2 aromatic rings. The Balaban J connectivity index is 2.05. The first kappa shape index (κ1) is 11.9. The van der Waals surface area contributed by atoms with Crippen molar-refractivity contribution in [3.8, 4) is 22.9 Å². The molecule has 1 aliphatic heterocycles. The van der Waals surface area contributed by atoms with Gasteiger partial charge in [-0.2, -0.15) is 0 Å². The summed E-state index contributed by atoms with van der Waals surface area (Å²) in [5, 5.41) is 9.25. The Hall–Kier alpha value is -2.21. The molecule has 0 radical (unpaired) electrons. The molecular weight excluding hydrogens is 272 g/mol. The van der Waals surface area contributed by atoms with E-state index in [-0.39, 0.29) is 5.69 Å². The zero-order chi connectivity index (χ0) is 13.4. The second-order valence-electron chi connectivity index (χ2n) is 3.93. The standard InChI is InChI=1S/C12H9ClN2O4/c13-7-3-6(4-9-10(7)19-2-1-18-9)11-14-5-8(15-11)12(16)17/h3-5H,1-2H2,(H,14,15)(H,16,17). The maximum atomic E-state index is 10.8. The van der Waals surface area contributed by atoms with Crippen LogP contribution in [0.4, 0.5) is 0 Å². The Kier molecular flexibility index (Phi) is 2.79. The number of halogens is 1. The predicted octanol–water partition coefficient (Wildman–Crippen LogP) is 2.20. The van der Waals surface area contributed by atoms with Gasteiger partial charge in [0, 0.05) is 5.56 Å². The van der Waals surface area contributed by atoms with E-state index in [1.165, 1.54) is 6.20 Å². The van der Waals surface area contributed by atoms with Crippen molar-refractivity contribution in [2.24, 2.45) is 0 Å². The third-order valence-electron chi connectivity index (χ3n) is 2.68. The molecule has 0 spiro atoms. The predicted molar refractivity (Wildman–Crippen MR) is 67.0 cm³/mol. The minimum atomic E-state index is -1.07. The number of carboxylic acid groups (broad SMARTS) is 1. The van der Waals surface area contributed by atoms with Crippen molar-refractivity contribution in [1.29, 1.82) is 0 Å². The van der Waals surface area contributed by atoms with Gasteiger partial charge in [-0.25, -0.2) is 9.78 Å². The highest BCUT2D eigenvalue weighted by Gasteiger charge is 2.18. The number of hydrogen-bond acceptors (Lipinski definition) is 4. The molecule has 0 unspecified atom stereocenters. The van der Waals surface area contributed by atoms with Gasteiger partial charge in [-0.05, 0) is 12.1 Å². The van der Waals surface area contributed by atoms with Gasteiger partial charge >= 0.3 is 5.97 Å². The van der Waals surface area contributed by atoms with Crippen LogP contribution in [0, 0.1) is 0 Å². The first-order chi connectivity index (χ1) is 9.15. The monoisotopic (exact) mass is 280 g/mol. The molecule has 98 valence electrons. The van der Waals surface area contributed by atoms with Crippen LogP contribution >= 0.6 is 11.6 Å². The third kappa shape index (κ3) is 2.10. The van der Waals surface area contributed by atoms with E-state index in [1.54, 1.807) is 12.1 Å². The number of benzene rings is 1. The van der Waals surface area contributed by atoms with Gasteiger partial charge in [0.25, 0.3) is 0 Å². The lowest BCUT2D eigenvalue weighted by molar-refractivity contribution is 0.0691. The number of rotatable bonds is 2. The molecule has 0 bridgehead atoms. The number of carbonyl (C=O) groups is 1. The molecule has 0 fully saturated rings. The molecule has 7 heteroatoms. The number of nitrogens with one attached hydrogen (secondary N) is 1. The number of ether oxygens (including phenoxy) is 2. The van der Waals surface area contributed by atoms with Crippen LogP contribution in [0.3, 0.4) is 0 Å². The minimum absolute atomic E-state index is 0.0148. The molecule has 0 aliphatic carbocycles. The molecular formula is C12H9ClN2O4. The second kappa shape index (κ2) is 4.47. The summed E-state index contributed by atoms with van der Waals surface area (Å²) in [6.07, 6.45) is 1.25. The van der Waals surface area contributed by atoms with Gasteiger partial charge in [0.15, 0.2) is 11.5 Å². The number of imidazole rings is 1. The first-order valence-electron chi connectivity index (χ1n) is 5.53. The summed E-state index contributed by atoms with van der Waals surface area (Å²) in [5.41, 5.74) is 0.655. The summed E-state index contributed by atoms with van der Waals surface area (Å²) in [7, 11) is 0. The second-order valence-corrected chi connectivity index (χ2v) is 4.34. The molecule has 0 saturated carbocycles. The third-order valence-corrected chi connectivity index (χ3v) is 2.96. The number of H-pyrrole nitrogens is 1. The fraction of sp³-hybridized carbons (Fsp3) is 0.167. The molecule has 2 N–H and O–H groups in total. The Bertz CT molecular complexity index is 653. The fourth-order valence-corrected chi connectivity index (χ4v) is 2.09. The van der Waals surface area contributed by atoms with E-state index < -0.39 is 5.97 Å². The summed E-state index contributed by atoms with van der Waals surface area (Å²) in [5.74, 6) is 0.377. The van der Waals surface area contributed by atoms with Gasteiger partial charge in [-0.1, -0.05) is 11.6 Å². The lowest BCUT2D eigenvalue weighted by Crippen LogP contribution is -2.15. The van der Waals surface area contributed by atoms with Gasteiger partial charge in [-0.3, -0.25) is 0 Å². The Morgan fingerprint density at radius 3 is 2.89 bits per heavy atom. The van der Waals surface area contributed by atoms with Crippen molar-refractivity contribution in [2.75, 3.05) is 13.2 Å². The van der Waals surface area contributed by atoms with E-state index in [4.69, 9.17) is 26.2 Å². The number of aromatic amines is 1. The Labute approximate surface area is 112 Å². The zero-order valence-corrected chi connectivity index (χ0v) is 10.4. The minimum Gasteiger partial charge on any atom is -0.486 e.